The van der Waals surface area contributed by atoms with Gasteiger partial charge in [-0.25, -0.2) is 0 Å². The van der Waals surface area contributed by atoms with E-state index in [0.717, 1.165) is 6.34 Å². The van der Waals surface area contributed by atoms with Crippen LogP contribution in [0.2, 0.25) is 0 Å². The molecule has 2 radical (unpaired) electrons. The molecule has 0 amide bonds. The Morgan fingerprint density at radius 3 is 1.67 bits per heavy atom. The zero-order valence-corrected chi connectivity index (χ0v) is 8.39. The van der Waals surface area contributed by atoms with Gasteiger partial charge in [0.15, 0.2) is 0 Å². The van der Waals surface area contributed by atoms with E-state index in [1.165, 1.54) is 0 Å². The minimum absolute atomic E-state index is 0.972. The van der Waals surface area contributed by atoms with Crippen molar-refractivity contribution in [2.24, 2.45) is 5.73 Å². The number of hydrogen-bond acceptors (Lipinski definition) is 0. The first-order chi connectivity index (χ1) is 2.83. The van der Waals surface area contributed by atoms with Crippen LogP contribution in [0.1, 0.15) is 0 Å². The van der Waals surface area contributed by atoms with Crippen LogP contribution in [-0.4, -0.2) is 28.1 Å². The number of halogens is 2. The van der Waals surface area contributed by atoms with Gasteiger partial charge in [-0.05, 0) is 0 Å². The second-order valence-corrected chi connectivity index (χ2v) is 5.83. The first kappa shape index (κ1) is 10.1. The van der Waals surface area contributed by atoms with Gasteiger partial charge >= 0.3 is 38.4 Å². The van der Waals surface area contributed by atoms with E-state index in [-0.39, 0.29) is 0 Å². The van der Waals surface area contributed by atoms with Gasteiger partial charge in [0.2, 0.25) is 6.34 Å². The second kappa shape index (κ2) is 16.7. The van der Waals surface area contributed by atoms with E-state index < -0.39 is 21.8 Å². The van der Waals surface area contributed by atoms with Crippen molar-refractivity contribution < 1.29 is 5.41 Å². The van der Waals surface area contributed by atoms with Crippen molar-refractivity contribution in [3.8, 4) is 0 Å². The standard InChI is InChI=1S/CH4N2.2ClH.Pb/c2-1-3;;;/h1H,(H3,2,3);2*1H;/q;;;+2/p-1. The summed E-state index contributed by atoms with van der Waals surface area (Å²) in [5, 5.41) is 4.50. The molecule has 0 fully saturated rings. The fraction of sp³-hybridized carbons (Fsp3) is 0. The van der Waals surface area contributed by atoms with Crippen molar-refractivity contribution in [3.63, 3.8) is 0 Å². The molecule has 0 rings (SSSR count). The van der Waals surface area contributed by atoms with E-state index in [4.69, 9.17) is 16.6 Å². The molecule has 0 saturated heterocycles. The molecule has 6 heavy (non-hydrogen) atoms. The number of hydrogen-bond donors (Lipinski definition) is 2. The summed E-state index contributed by atoms with van der Waals surface area (Å²) in [6, 6.07) is 0. The molecule has 2 nitrogen and oxygen atoms in total. The van der Waals surface area contributed by atoms with Crippen LogP contribution in [0.5, 0.6) is 0 Å². The molecular formula is CH5Cl2N2Pb+. The summed E-state index contributed by atoms with van der Waals surface area (Å²) in [7, 11) is 9.92. The average molecular weight is 323 g/mol. The van der Waals surface area contributed by atoms with Gasteiger partial charge in [0.25, 0.3) is 0 Å². The van der Waals surface area contributed by atoms with Gasteiger partial charge in [-0.2, -0.15) is 0 Å². The van der Waals surface area contributed by atoms with Crippen LogP contribution < -0.4 is 11.1 Å². The molecule has 4 N–H and O–H groups in total. The van der Waals surface area contributed by atoms with Crippen molar-refractivity contribution in [2.75, 3.05) is 0 Å². The van der Waals surface area contributed by atoms with Gasteiger partial charge in [0.05, 0.1) is 0 Å². The first-order valence-electron chi connectivity index (χ1n) is 1.04. The molecule has 0 aliphatic carbocycles. The van der Waals surface area contributed by atoms with Gasteiger partial charge in [-0.1, -0.05) is 0 Å². The van der Waals surface area contributed by atoms with E-state index in [9.17, 15) is 0 Å². The van der Waals surface area contributed by atoms with Gasteiger partial charge < -0.3 is 0 Å². The Bertz CT molecular complexity index is 25.5. The predicted octanol–water partition coefficient (Wildman–Crippen LogP) is -1.27. The van der Waals surface area contributed by atoms with E-state index in [1.807, 2.05) is 0 Å². The fourth-order valence-corrected chi connectivity index (χ4v) is 0. The summed E-state index contributed by atoms with van der Waals surface area (Å²) >= 11 is -0.972. The summed E-state index contributed by atoms with van der Waals surface area (Å²) < 4.78 is 0. The molecule has 0 spiro atoms. The third-order valence-corrected chi connectivity index (χ3v) is 0. The third kappa shape index (κ3) is 83.0. The van der Waals surface area contributed by atoms with Crippen LogP contribution in [0.4, 0.5) is 0 Å². The molecule has 0 aromatic heterocycles. The molecule has 5 heteroatoms. The number of nitrogens with two attached hydrogens (primary N) is 2. The topological polar surface area (TPSA) is 51.6 Å². The molecule has 0 bridgehead atoms. The maximum absolute atomic E-state index is 4.96. The Morgan fingerprint density at radius 2 is 1.67 bits per heavy atom. The van der Waals surface area contributed by atoms with E-state index in [0.29, 0.717) is 0 Å². The normalized spacial score (nSPS) is 5.00. The summed E-state index contributed by atoms with van der Waals surface area (Å²) in [4.78, 5) is 0. The van der Waals surface area contributed by atoms with E-state index in [1.54, 1.807) is 0 Å². The van der Waals surface area contributed by atoms with Crippen LogP contribution in [0.25, 0.3) is 0 Å². The van der Waals surface area contributed by atoms with Crippen molar-refractivity contribution in [1.82, 2.24) is 0 Å². The monoisotopic (exact) mass is 323 g/mol. The van der Waals surface area contributed by atoms with Crippen molar-refractivity contribution in [1.29, 1.82) is 0 Å². The maximum atomic E-state index is 4.96. The molecule has 36 valence electrons. The Morgan fingerprint density at radius 1 is 1.67 bits per heavy atom. The summed E-state index contributed by atoms with van der Waals surface area (Å²) in [6.07, 6.45) is 1.00. The van der Waals surface area contributed by atoms with Crippen LogP contribution in [-0.2, 0) is 0 Å². The minimum atomic E-state index is -0.972. The predicted molar refractivity (Wildman–Crippen MR) is 29.6 cm³/mol. The Kier molecular flexibility index (Phi) is 28.0. The molecule has 0 atom stereocenters. The molecule has 0 aliphatic rings. The Labute approximate surface area is 55.7 Å². The van der Waals surface area contributed by atoms with Crippen LogP contribution in [0.3, 0.4) is 0 Å². The Balaban J connectivity index is 0. The van der Waals surface area contributed by atoms with Crippen molar-refractivity contribution in [3.05, 3.63) is 0 Å². The molecular weight excluding hydrogens is 318 g/mol. The average Bonchev–Trinajstić information content (AvgIpc) is 1.39. The first-order valence-corrected chi connectivity index (χ1v) is 10.6. The summed E-state index contributed by atoms with van der Waals surface area (Å²) in [5.41, 5.74) is 4.50. The zero-order valence-electron chi connectivity index (χ0n) is 2.99. The molecule has 0 unspecified atom stereocenters. The summed E-state index contributed by atoms with van der Waals surface area (Å²) in [5.74, 6) is 0. The molecule has 0 aromatic rings. The van der Waals surface area contributed by atoms with E-state index >= 15 is 0 Å². The van der Waals surface area contributed by atoms with Gasteiger partial charge in [0, 0.05) is 0 Å². The number of rotatable bonds is 0. The van der Waals surface area contributed by atoms with Gasteiger partial charge in [-0.15, -0.1) is 0 Å². The second-order valence-electron chi connectivity index (χ2n) is 0.264. The molecule has 0 saturated carbocycles. The van der Waals surface area contributed by atoms with Crippen LogP contribution in [0.15, 0.2) is 0 Å². The van der Waals surface area contributed by atoms with Gasteiger partial charge in [0.1, 0.15) is 0 Å². The molecule has 0 aromatic carbocycles. The van der Waals surface area contributed by atoms with E-state index in [2.05, 4.69) is 11.1 Å². The molecule has 0 heterocycles. The van der Waals surface area contributed by atoms with Crippen LogP contribution in [0, 0.1) is 0 Å². The fourth-order valence-electron chi connectivity index (χ4n) is 0. The third-order valence-electron chi connectivity index (χ3n) is 0. The van der Waals surface area contributed by atoms with Crippen molar-refractivity contribution in [2.45, 2.75) is 0 Å². The SMILES string of the molecule is NC=[NH2+].[Cl][Pb][Cl]. The Hall–Kier alpha value is 0.972. The summed E-state index contributed by atoms with van der Waals surface area (Å²) in [6.45, 7) is 0. The van der Waals surface area contributed by atoms with Crippen molar-refractivity contribution >= 4 is 44.8 Å². The quantitative estimate of drug-likeness (QED) is 0.326. The van der Waals surface area contributed by atoms with Crippen LogP contribution >= 0.6 is 16.6 Å². The zero-order chi connectivity index (χ0) is 5.41. The molecule has 0 aliphatic heterocycles. The van der Waals surface area contributed by atoms with Gasteiger partial charge in [-0.3, -0.25) is 11.1 Å².